The minimum atomic E-state index is -3.72. The zero-order valence-electron chi connectivity index (χ0n) is 18.2. The number of unbranched alkanes of at least 4 members (excludes halogenated alkanes) is 3. The van der Waals surface area contributed by atoms with E-state index in [9.17, 15) is 13.2 Å². The van der Waals surface area contributed by atoms with Crippen molar-refractivity contribution in [3.8, 4) is 5.75 Å². The lowest BCUT2D eigenvalue weighted by Crippen LogP contribution is -2.32. The summed E-state index contributed by atoms with van der Waals surface area (Å²) in [5, 5.41) is 8.54. The van der Waals surface area contributed by atoms with Crippen LogP contribution in [0.3, 0.4) is 0 Å². The second-order valence-electron chi connectivity index (χ2n) is 7.37. The predicted octanol–water partition coefficient (Wildman–Crippen LogP) is 4.30. The number of nitrogens with zero attached hydrogens (tertiary/aromatic N) is 1. The third-order valence-electron chi connectivity index (χ3n) is 5.05. The molecule has 0 aliphatic rings. The summed E-state index contributed by atoms with van der Waals surface area (Å²) in [6.45, 7) is 2.42. The standard InChI is InChI=1S/C23H32N2O5S/c1-3-8-19-10-16-22(17-11-19)31(28,29)25(20-12-14-21(30-2)15-13-20)18-7-5-4-6-9-23(26)24-27/h10-17,27H,3-9,18H2,1-2H3,(H,24,26). The van der Waals surface area contributed by atoms with Crippen molar-refractivity contribution in [1.29, 1.82) is 0 Å². The van der Waals surface area contributed by atoms with Crippen LogP contribution >= 0.6 is 0 Å². The summed E-state index contributed by atoms with van der Waals surface area (Å²) >= 11 is 0. The summed E-state index contributed by atoms with van der Waals surface area (Å²) in [4.78, 5) is 11.4. The molecule has 1 amide bonds. The Labute approximate surface area is 185 Å². The van der Waals surface area contributed by atoms with Crippen LogP contribution in [0.5, 0.6) is 5.75 Å². The molecule has 2 rings (SSSR count). The highest BCUT2D eigenvalue weighted by Crippen LogP contribution is 2.27. The van der Waals surface area contributed by atoms with Gasteiger partial charge in [0.05, 0.1) is 17.7 Å². The number of hydrogen-bond acceptors (Lipinski definition) is 5. The van der Waals surface area contributed by atoms with Crippen molar-refractivity contribution in [2.75, 3.05) is 18.0 Å². The third kappa shape index (κ3) is 7.25. The topological polar surface area (TPSA) is 95.9 Å². The van der Waals surface area contributed by atoms with Gasteiger partial charge in [-0.15, -0.1) is 0 Å². The van der Waals surface area contributed by atoms with E-state index in [2.05, 4.69) is 6.92 Å². The van der Waals surface area contributed by atoms with Gasteiger partial charge < -0.3 is 4.74 Å². The molecule has 31 heavy (non-hydrogen) atoms. The molecule has 170 valence electrons. The molecule has 8 heteroatoms. The molecule has 0 radical (unpaired) electrons. The van der Waals surface area contributed by atoms with E-state index in [1.807, 2.05) is 12.1 Å². The molecule has 0 bridgehead atoms. The Hall–Kier alpha value is -2.58. The molecule has 0 saturated carbocycles. The highest BCUT2D eigenvalue weighted by atomic mass is 32.2. The Morgan fingerprint density at radius 3 is 2.23 bits per heavy atom. The summed E-state index contributed by atoms with van der Waals surface area (Å²) in [5.41, 5.74) is 3.31. The highest BCUT2D eigenvalue weighted by Gasteiger charge is 2.24. The number of carbonyl (C=O) groups excluding carboxylic acids is 1. The first kappa shape index (κ1) is 24.7. The molecule has 0 heterocycles. The van der Waals surface area contributed by atoms with E-state index in [1.54, 1.807) is 49.0 Å². The van der Waals surface area contributed by atoms with Crippen molar-refractivity contribution < 1.29 is 23.2 Å². The second-order valence-corrected chi connectivity index (χ2v) is 9.23. The van der Waals surface area contributed by atoms with Crippen molar-refractivity contribution in [1.82, 2.24) is 5.48 Å². The first-order chi connectivity index (χ1) is 14.9. The van der Waals surface area contributed by atoms with Crippen molar-refractivity contribution in [2.45, 2.75) is 56.8 Å². The SMILES string of the molecule is CCCc1ccc(S(=O)(=O)N(CCCCCCC(=O)NO)c2ccc(OC)cc2)cc1. The average Bonchev–Trinajstić information content (AvgIpc) is 2.79. The van der Waals surface area contributed by atoms with E-state index in [4.69, 9.17) is 9.94 Å². The van der Waals surface area contributed by atoms with Crippen molar-refractivity contribution in [2.24, 2.45) is 0 Å². The maximum atomic E-state index is 13.4. The molecule has 2 aromatic carbocycles. The van der Waals surface area contributed by atoms with E-state index in [0.29, 0.717) is 30.8 Å². The number of methoxy groups -OCH3 is 1. The van der Waals surface area contributed by atoms with Crippen LogP contribution in [0.15, 0.2) is 53.4 Å². The number of sulfonamides is 1. The molecule has 0 fully saturated rings. The average molecular weight is 449 g/mol. The van der Waals surface area contributed by atoms with E-state index >= 15 is 0 Å². The number of carbonyl (C=O) groups is 1. The summed E-state index contributed by atoms with van der Waals surface area (Å²) in [6, 6.07) is 14.1. The number of anilines is 1. The zero-order valence-corrected chi connectivity index (χ0v) is 19.0. The summed E-state index contributed by atoms with van der Waals surface area (Å²) in [7, 11) is -2.15. The van der Waals surface area contributed by atoms with E-state index in [0.717, 1.165) is 31.2 Å². The number of ether oxygens (including phenoxy) is 1. The molecule has 0 unspecified atom stereocenters. The van der Waals surface area contributed by atoms with Crippen LogP contribution in [-0.2, 0) is 21.2 Å². The molecule has 0 aliphatic heterocycles. The summed E-state index contributed by atoms with van der Waals surface area (Å²) < 4.78 is 33.5. The van der Waals surface area contributed by atoms with E-state index in [-0.39, 0.29) is 11.3 Å². The molecule has 7 nitrogen and oxygen atoms in total. The number of rotatable bonds is 13. The fraction of sp³-hybridized carbons (Fsp3) is 0.435. The van der Waals surface area contributed by atoms with Crippen LogP contribution in [0, 0.1) is 0 Å². The summed E-state index contributed by atoms with van der Waals surface area (Å²) in [6.07, 6.45) is 5.01. The van der Waals surface area contributed by atoms with Gasteiger partial charge in [-0.25, -0.2) is 13.9 Å². The van der Waals surface area contributed by atoms with Crippen LogP contribution in [-0.4, -0.2) is 33.2 Å². The van der Waals surface area contributed by atoms with Gasteiger partial charge >= 0.3 is 0 Å². The lowest BCUT2D eigenvalue weighted by atomic mass is 10.1. The number of aryl methyl sites for hydroxylation is 1. The van der Waals surface area contributed by atoms with Gasteiger partial charge in [-0.05, 0) is 61.2 Å². The smallest absolute Gasteiger partial charge is 0.264 e. The van der Waals surface area contributed by atoms with Gasteiger partial charge in [0.15, 0.2) is 0 Å². The Kier molecular flexibility index (Phi) is 9.81. The van der Waals surface area contributed by atoms with Crippen molar-refractivity contribution >= 4 is 21.6 Å². The van der Waals surface area contributed by atoms with Gasteiger partial charge in [0, 0.05) is 13.0 Å². The van der Waals surface area contributed by atoms with Gasteiger partial charge in [-0.1, -0.05) is 38.3 Å². The molecule has 2 aromatic rings. The number of benzene rings is 2. The van der Waals surface area contributed by atoms with Crippen LogP contribution < -0.4 is 14.5 Å². The molecular weight excluding hydrogens is 416 g/mol. The lowest BCUT2D eigenvalue weighted by molar-refractivity contribution is -0.129. The first-order valence-electron chi connectivity index (χ1n) is 10.6. The number of amides is 1. The monoisotopic (exact) mass is 448 g/mol. The third-order valence-corrected chi connectivity index (χ3v) is 6.89. The number of hydrogen-bond donors (Lipinski definition) is 2. The van der Waals surface area contributed by atoms with Crippen molar-refractivity contribution in [3.05, 3.63) is 54.1 Å². The second kappa shape index (κ2) is 12.3. The molecule has 0 aliphatic carbocycles. The Morgan fingerprint density at radius 1 is 1.00 bits per heavy atom. The largest absolute Gasteiger partial charge is 0.497 e. The normalized spacial score (nSPS) is 11.2. The highest BCUT2D eigenvalue weighted by molar-refractivity contribution is 7.92. The minimum absolute atomic E-state index is 0.251. The van der Waals surface area contributed by atoms with Gasteiger partial charge in [0.2, 0.25) is 5.91 Å². The number of nitrogens with one attached hydrogen (secondary N) is 1. The molecule has 0 atom stereocenters. The zero-order chi connectivity index (χ0) is 22.7. The molecule has 0 aromatic heterocycles. The fourth-order valence-electron chi connectivity index (χ4n) is 3.33. The molecule has 0 saturated heterocycles. The quantitative estimate of drug-likeness (QED) is 0.271. The summed E-state index contributed by atoms with van der Waals surface area (Å²) in [5.74, 6) is 0.251. The van der Waals surface area contributed by atoms with Crippen LogP contribution in [0.4, 0.5) is 5.69 Å². The van der Waals surface area contributed by atoms with Gasteiger partial charge in [0.1, 0.15) is 5.75 Å². The van der Waals surface area contributed by atoms with E-state index < -0.39 is 15.9 Å². The minimum Gasteiger partial charge on any atom is -0.497 e. The predicted molar refractivity (Wildman–Crippen MR) is 121 cm³/mol. The van der Waals surface area contributed by atoms with Gasteiger partial charge in [-0.3, -0.25) is 14.3 Å². The van der Waals surface area contributed by atoms with Gasteiger partial charge in [-0.2, -0.15) is 0 Å². The molecule has 2 N–H and O–H groups in total. The Balaban J connectivity index is 2.15. The van der Waals surface area contributed by atoms with Crippen LogP contribution in [0.2, 0.25) is 0 Å². The number of hydroxylamine groups is 1. The van der Waals surface area contributed by atoms with E-state index in [1.165, 1.54) is 4.31 Å². The Morgan fingerprint density at radius 2 is 1.65 bits per heavy atom. The lowest BCUT2D eigenvalue weighted by Gasteiger charge is -2.25. The van der Waals surface area contributed by atoms with Crippen LogP contribution in [0.25, 0.3) is 0 Å². The fourth-order valence-corrected chi connectivity index (χ4v) is 4.83. The van der Waals surface area contributed by atoms with Crippen molar-refractivity contribution in [3.63, 3.8) is 0 Å². The molecule has 0 spiro atoms. The first-order valence-corrected chi connectivity index (χ1v) is 12.0. The Bertz CT molecular complexity index is 912. The molecular formula is C23H32N2O5S. The maximum Gasteiger partial charge on any atom is 0.264 e. The van der Waals surface area contributed by atoms with Crippen LogP contribution in [0.1, 0.15) is 51.0 Å². The maximum absolute atomic E-state index is 13.4. The van der Waals surface area contributed by atoms with Gasteiger partial charge in [0.25, 0.3) is 10.0 Å².